The molecule has 2 saturated carbocycles. The van der Waals surface area contributed by atoms with Crippen LogP contribution in [0.25, 0.3) is 20.8 Å². The molecule has 0 aliphatic heterocycles. The fourth-order valence-electron chi connectivity index (χ4n) is 7.51. The highest BCUT2D eigenvalue weighted by molar-refractivity contribution is 8.03. The second kappa shape index (κ2) is 23.3. The molecule has 1 heterocycles. The maximum absolute atomic E-state index is 13.7. The fraction of sp³-hybridized carbons (Fsp3) is 0.280. The Balaban J connectivity index is 0.950. The molecule has 0 N–H and O–H groups in total. The van der Waals surface area contributed by atoms with Crippen LogP contribution in [0.3, 0.4) is 0 Å². The Bertz CT molecular complexity index is 2540. The quantitative estimate of drug-likeness (QED) is 0.0200. The maximum atomic E-state index is 13.7. The molecule has 2 aliphatic carbocycles. The molecule has 1 aromatic heterocycles. The van der Waals surface area contributed by atoms with Crippen LogP contribution in [0.5, 0.6) is 34.5 Å². The monoisotopic (exact) mass is 960 g/mol. The number of aromatic nitrogens is 1. The highest BCUT2D eigenvalue weighted by atomic mass is 32.2. The number of ether oxygens (including phenoxy) is 8. The van der Waals surface area contributed by atoms with Crippen molar-refractivity contribution in [3.8, 4) is 50.5 Å². The van der Waals surface area contributed by atoms with Gasteiger partial charge in [0.25, 0.3) is 0 Å². The molecule has 16 nitrogen and oxygen atoms in total. The summed E-state index contributed by atoms with van der Waals surface area (Å²) in [5.74, 6) is -2.94. The van der Waals surface area contributed by atoms with Gasteiger partial charge in [0.2, 0.25) is 13.6 Å². The zero-order valence-electron chi connectivity index (χ0n) is 36.5. The van der Waals surface area contributed by atoms with Gasteiger partial charge >= 0.3 is 35.8 Å². The van der Waals surface area contributed by atoms with Crippen LogP contribution >= 0.6 is 23.1 Å². The third-order valence-electron chi connectivity index (χ3n) is 11.2. The van der Waals surface area contributed by atoms with Crippen molar-refractivity contribution in [3.05, 3.63) is 110 Å². The Morgan fingerprint density at radius 1 is 0.574 bits per heavy atom. The van der Waals surface area contributed by atoms with Crippen molar-refractivity contribution in [3.63, 3.8) is 0 Å². The van der Waals surface area contributed by atoms with Crippen LogP contribution in [0, 0.1) is 34.3 Å². The van der Waals surface area contributed by atoms with E-state index in [0.717, 1.165) is 34.4 Å². The smallest absolute Gasteiger partial charge is 0.333 e. The molecule has 18 heteroatoms. The summed E-state index contributed by atoms with van der Waals surface area (Å²) in [6.07, 6.45) is 5.27. The summed E-state index contributed by atoms with van der Waals surface area (Å²) >= 11 is 2.29. The standard InChI is InChI=1S/C50H44N2O14S2/c1-3-42(53)61-28-59-35-15-19-37(20-16-35)63-47(55)31-5-9-33(10-6-31)49(57)65-40-25-26-41(45-44(40)52-46(68-45)30-13-23-39(24-14-30)67-27-51)66-50(58)34-11-7-32(8-12-34)48(56)64-38-21-17-36(18-22-38)60-29-62-43(54)4-2/h3-4,13-26,31-34H,1-2,5-12,28-29H2/t31-,32-,33-,34-. The van der Waals surface area contributed by atoms with Gasteiger partial charge in [-0.15, -0.1) is 11.3 Å². The topological polar surface area (TPSA) is 213 Å². The van der Waals surface area contributed by atoms with Gasteiger partial charge in [-0.3, -0.25) is 19.2 Å². The van der Waals surface area contributed by atoms with Gasteiger partial charge in [0.15, 0.2) is 11.5 Å². The molecule has 2 fully saturated rings. The number of benzene rings is 4. The lowest BCUT2D eigenvalue weighted by atomic mass is 9.82. The number of thiocyanates is 1. The Kier molecular flexibility index (Phi) is 16.6. The number of thioether (sulfide) groups is 1. The first kappa shape index (κ1) is 48.4. The number of esters is 6. The summed E-state index contributed by atoms with van der Waals surface area (Å²) in [5.41, 5.74) is 1.07. The van der Waals surface area contributed by atoms with Gasteiger partial charge in [0, 0.05) is 22.6 Å². The minimum absolute atomic E-state index is 0.187. The van der Waals surface area contributed by atoms with Crippen LogP contribution < -0.4 is 28.4 Å². The molecule has 0 radical (unpaired) electrons. The Labute approximate surface area is 398 Å². The molecule has 2 aliphatic rings. The Morgan fingerprint density at radius 2 is 0.971 bits per heavy atom. The molecular weight excluding hydrogens is 917 g/mol. The number of carbonyl (C=O) groups is 6. The number of hydrogen-bond donors (Lipinski definition) is 0. The van der Waals surface area contributed by atoms with Gasteiger partial charge < -0.3 is 37.9 Å². The van der Waals surface area contributed by atoms with E-state index in [4.69, 9.17) is 48.1 Å². The first-order valence-corrected chi connectivity index (χ1v) is 23.1. The van der Waals surface area contributed by atoms with E-state index in [2.05, 4.69) is 18.6 Å². The molecule has 0 spiro atoms. The van der Waals surface area contributed by atoms with Crippen molar-refractivity contribution >= 4 is 69.1 Å². The maximum Gasteiger partial charge on any atom is 0.333 e. The van der Waals surface area contributed by atoms with E-state index in [-0.39, 0.29) is 25.1 Å². The molecule has 0 bridgehead atoms. The lowest BCUT2D eigenvalue weighted by Gasteiger charge is -2.26. The summed E-state index contributed by atoms with van der Waals surface area (Å²) in [6, 6.07) is 23.0. The van der Waals surface area contributed by atoms with Gasteiger partial charge in [0.1, 0.15) is 43.6 Å². The molecule has 7 rings (SSSR count). The third kappa shape index (κ3) is 12.9. The SMILES string of the molecule is C=CC(=O)OCOc1ccc(OC(=O)[C@H]2CC[C@H](C(=O)Oc3ccc(OC(=O)[C@H]4CC[C@H](C(=O)Oc5ccc(OCOC(=O)C=C)cc5)CC4)c4sc(-c5ccc(SC#N)cc5)nc34)CC2)cc1. The summed E-state index contributed by atoms with van der Waals surface area (Å²) in [4.78, 5) is 81.4. The second-order valence-electron chi connectivity index (χ2n) is 15.6. The van der Waals surface area contributed by atoms with E-state index in [9.17, 15) is 28.8 Å². The van der Waals surface area contributed by atoms with E-state index in [1.807, 2.05) is 12.1 Å². The number of fused-ring (bicyclic) bond motifs is 1. The Hall–Kier alpha value is -7.49. The summed E-state index contributed by atoms with van der Waals surface area (Å²) in [7, 11) is 0. The van der Waals surface area contributed by atoms with Crippen LogP contribution in [-0.4, -0.2) is 54.4 Å². The molecule has 0 atom stereocenters. The van der Waals surface area contributed by atoms with Gasteiger partial charge in [-0.1, -0.05) is 25.3 Å². The average Bonchev–Trinajstić information content (AvgIpc) is 3.82. The molecule has 4 aromatic carbocycles. The van der Waals surface area contributed by atoms with Gasteiger partial charge in [-0.25, -0.2) is 14.6 Å². The summed E-state index contributed by atoms with van der Waals surface area (Å²) in [6.45, 7) is 6.05. The van der Waals surface area contributed by atoms with E-state index in [1.165, 1.54) is 11.3 Å². The minimum atomic E-state index is -0.617. The lowest BCUT2D eigenvalue weighted by molar-refractivity contribution is -0.145. The number of hydrogen-bond acceptors (Lipinski definition) is 18. The van der Waals surface area contributed by atoms with E-state index in [0.29, 0.717) is 89.6 Å². The Morgan fingerprint density at radius 3 is 1.40 bits per heavy atom. The number of rotatable bonds is 18. The molecule has 68 heavy (non-hydrogen) atoms. The predicted octanol–water partition coefficient (Wildman–Crippen LogP) is 9.30. The number of thiazole rings is 1. The second-order valence-corrected chi connectivity index (χ2v) is 17.4. The first-order valence-electron chi connectivity index (χ1n) is 21.5. The van der Waals surface area contributed by atoms with Gasteiger partial charge in [0.05, 0.1) is 23.7 Å². The van der Waals surface area contributed by atoms with Crippen molar-refractivity contribution in [2.75, 3.05) is 13.6 Å². The average molecular weight is 961 g/mol. The van der Waals surface area contributed by atoms with Crippen molar-refractivity contribution < 1.29 is 66.7 Å². The van der Waals surface area contributed by atoms with Crippen molar-refractivity contribution in [1.29, 1.82) is 5.26 Å². The van der Waals surface area contributed by atoms with Crippen LogP contribution in [-0.2, 0) is 38.2 Å². The summed E-state index contributed by atoms with van der Waals surface area (Å²) in [5, 5.41) is 11.7. The van der Waals surface area contributed by atoms with Crippen molar-refractivity contribution in [2.24, 2.45) is 23.7 Å². The zero-order valence-corrected chi connectivity index (χ0v) is 38.1. The van der Waals surface area contributed by atoms with E-state index in [1.54, 1.807) is 72.8 Å². The first-order chi connectivity index (χ1) is 33.0. The largest absolute Gasteiger partial charge is 0.457 e. The van der Waals surface area contributed by atoms with E-state index < -0.39 is 59.5 Å². The molecular formula is C50H44N2O14S2. The zero-order chi connectivity index (χ0) is 48.0. The van der Waals surface area contributed by atoms with Crippen molar-refractivity contribution in [1.82, 2.24) is 4.98 Å². The molecule has 0 amide bonds. The highest BCUT2D eigenvalue weighted by Crippen LogP contribution is 2.43. The number of nitrogens with zero attached hydrogens (tertiary/aromatic N) is 2. The lowest BCUT2D eigenvalue weighted by Crippen LogP contribution is -2.30. The molecule has 0 unspecified atom stereocenters. The van der Waals surface area contributed by atoms with Gasteiger partial charge in [-0.2, -0.15) is 5.26 Å². The highest BCUT2D eigenvalue weighted by Gasteiger charge is 2.35. The van der Waals surface area contributed by atoms with Crippen LogP contribution in [0.1, 0.15) is 51.4 Å². The summed E-state index contributed by atoms with van der Waals surface area (Å²) < 4.78 is 44.0. The normalized spacial score (nSPS) is 17.6. The van der Waals surface area contributed by atoms with Crippen molar-refractivity contribution in [2.45, 2.75) is 56.3 Å². The molecule has 0 saturated heterocycles. The number of nitriles is 1. The van der Waals surface area contributed by atoms with Crippen LogP contribution in [0.4, 0.5) is 0 Å². The fourth-order valence-corrected chi connectivity index (χ4v) is 8.93. The van der Waals surface area contributed by atoms with Crippen LogP contribution in [0.15, 0.2) is 115 Å². The predicted molar refractivity (Wildman–Crippen MR) is 246 cm³/mol. The van der Waals surface area contributed by atoms with E-state index >= 15 is 0 Å². The van der Waals surface area contributed by atoms with Crippen LogP contribution in [0.2, 0.25) is 0 Å². The molecule has 350 valence electrons. The number of carbonyl (C=O) groups excluding carboxylic acids is 6. The minimum Gasteiger partial charge on any atom is -0.457 e. The molecule has 5 aromatic rings. The third-order valence-corrected chi connectivity index (χ3v) is 12.9. The van der Waals surface area contributed by atoms with Gasteiger partial charge in [-0.05, 0) is 136 Å².